The van der Waals surface area contributed by atoms with Crippen molar-refractivity contribution in [2.45, 2.75) is 50.6 Å². The lowest BCUT2D eigenvalue weighted by molar-refractivity contribution is 0.344. The molecule has 1 aliphatic heterocycles. The van der Waals surface area contributed by atoms with Crippen molar-refractivity contribution in [3.05, 3.63) is 0 Å². The van der Waals surface area contributed by atoms with Crippen LogP contribution in [0.25, 0.3) is 0 Å². The molecule has 1 saturated heterocycles. The minimum absolute atomic E-state index is 0.396. The van der Waals surface area contributed by atoms with Gasteiger partial charge in [-0.2, -0.15) is 0 Å². The van der Waals surface area contributed by atoms with E-state index in [9.17, 15) is 8.42 Å². The quantitative estimate of drug-likeness (QED) is 0.810. The van der Waals surface area contributed by atoms with Crippen LogP contribution in [0.15, 0.2) is 0 Å². The van der Waals surface area contributed by atoms with Crippen molar-refractivity contribution in [3.8, 4) is 0 Å². The van der Waals surface area contributed by atoms with Crippen LogP contribution in [-0.4, -0.2) is 32.0 Å². The summed E-state index contributed by atoms with van der Waals surface area (Å²) in [6.07, 6.45) is 7.22. The third kappa shape index (κ3) is 2.59. The van der Waals surface area contributed by atoms with Gasteiger partial charge in [0, 0.05) is 12.1 Å². The van der Waals surface area contributed by atoms with Gasteiger partial charge in [-0.25, -0.2) is 8.42 Å². The number of hydrogen-bond acceptors (Lipinski definition) is 3. The molecule has 0 aromatic rings. The highest BCUT2D eigenvalue weighted by molar-refractivity contribution is 7.91. The Balaban J connectivity index is 1.54. The SMILES string of the molecule is O=S1(=O)CCC(NC(C2CC2)C2CC2)CC1. The maximum absolute atomic E-state index is 11.3. The summed E-state index contributed by atoms with van der Waals surface area (Å²) in [5, 5.41) is 3.75. The van der Waals surface area contributed by atoms with Crippen molar-refractivity contribution < 1.29 is 8.42 Å². The van der Waals surface area contributed by atoms with Gasteiger partial charge in [0.1, 0.15) is 9.84 Å². The molecule has 0 aromatic carbocycles. The van der Waals surface area contributed by atoms with Crippen molar-refractivity contribution in [2.24, 2.45) is 11.8 Å². The topological polar surface area (TPSA) is 46.2 Å². The van der Waals surface area contributed by atoms with E-state index in [1.807, 2.05) is 0 Å². The standard InChI is InChI=1S/C12H21NO2S/c14-16(15)7-5-11(6-8-16)13-12(9-1-2-9)10-3-4-10/h9-13H,1-8H2. The zero-order valence-electron chi connectivity index (χ0n) is 9.69. The Morgan fingerprint density at radius 3 is 1.81 bits per heavy atom. The van der Waals surface area contributed by atoms with Gasteiger partial charge in [0.25, 0.3) is 0 Å². The Kier molecular flexibility index (Phi) is 2.75. The second-order valence-electron chi connectivity index (χ2n) is 5.79. The third-order valence-electron chi connectivity index (χ3n) is 4.24. The molecule has 3 rings (SSSR count). The first-order valence-electron chi connectivity index (χ1n) is 6.60. The van der Waals surface area contributed by atoms with E-state index >= 15 is 0 Å². The molecule has 3 fully saturated rings. The summed E-state index contributed by atoms with van der Waals surface area (Å²) < 4.78 is 22.7. The summed E-state index contributed by atoms with van der Waals surface area (Å²) in [7, 11) is -2.70. The maximum Gasteiger partial charge on any atom is 0.150 e. The van der Waals surface area contributed by atoms with Crippen LogP contribution >= 0.6 is 0 Å². The summed E-state index contributed by atoms with van der Waals surface area (Å²) in [4.78, 5) is 0. The average molecular weight is 243 g/mol. The molecule has 0 atom stereocenters. The maximum atomic E-state index is 11.3. The first-order chi connectivity index (χ1) is 7.64. The minimum Gasteiger partial charge on any atom is -0.311 e. The average Bonchev–Trinajstić information content (AvgIpc) is 3.10. The molecule has 2 aliphatic carbocycles. The van der Waals surface area contributed by atoms with Crippen molar-refractivity contribution >= 4 is 9.84 Å². The highest BCUT2D eigenvalue weighted by Gasteiger charge is 2.42. The first-order valence-corrected chi connectivity index (χ1v) is 8.43. The zero-order valence-corrected chi connectivity index (χ0v) is 10.5. The van der Waals surface area contributed by atoms with E-state index in [-0.39, 0.29) is 0 Å². The Morgan fingerprint density at radius 1 is 0.875 bits per heavy atom. The predicted molar refractivity (Wildman–Crippen MR) is 64.0 cm³/mol. The van der Waals surface area contributed by atoms with Gasteiger partial charge >= 0.3 is 0 Å². The second-order valence-corrected chi connectivity index (χ2v) is 8.10. The van der Waals surface area contributed by atoms with Crippen molar-refractivity contribution in [3.63, 3.8) is 0 Å². The highest BCUT2D eigenvalue weighted by atomic mass is 32.2. The number of rotatable bonds is 4. The normalized spacial score (nSPS) is 30.8. The van der Waals surface area contributed by atoms with Crippen LogP contribution < -0.4 is 5.32 Å². The molecule has 0 aromatic heterocycles. The van der Waals surface area contributed by atoms with Crippen molar-refractivity contribution in [1.82, 2.24) is 5.32 Å². The molecule has 0 amide bonds. The molecule has 1 N–H and O–H groups in total. The Morgan fingerprint density at radius 2 is 1.38 bits per heavy atom. The highest BCUT2D eigenvalue weighted by Crippen LogP contribution is 2.44. The molecule has 0 bridgehead atoms. The fraction of sp³-hybridized carbons (Fsp3) is 1.00. The van der Waals surface area contributed by atoms with Gasteiger partial charge < -0.3 is 5.32 Å². The fourth-order valence-corrected chi connectivity index (χ4v) is 4.39. The molecule has 0 unspecified atom stereocenters. The van der Waals surface area contributed by atoms with E-state index in [0.29, 0.717) is 23.6 Å². The van der Waals surface area contributed by atoms with Crippen LogP contribution in [0, 0.1) is 11.8 Å². The van der Waals surface area contributed by atoms with Gasteiger partial charge in [-0.1, -0.05) is 0 Å². The van der Waals surface area contributed by atoms with Gasteiger partial charge in [-0.15, -0.1) is 0 Å². The number of sulfone groups is 1. The summed E-state index contributed by atoms with van der Waals surface area (Å²) in [5.41, 5.74) is 0. The van der Waals surface area contributed by atoms with Crippen molar-refractivity contribution in [2.75, 3.05) is 11.5 Å². The van der Waals surface area contributed by atoms with E-state index in [1.54, 1.807) is 0 Å². The minimum atomic E-state index is -2.70. The monoisotopic (exact) mass is 243 g/mol. The largest absolute Gasteiger partial charge is 0.311 e. The van der Waals surface area contributed by atoms with Gasteiger partial charge in [0.05, 0.1) is 11.5 Å². The molecule has 4 heteroatoms. The van der Waals surface area contributed by atoms with E-state index in [0.717, 1.165) is 24.7 Å². The van der Waals surface area contributed by atoms with Crippen molar-refractivity contribution in [1.29, 1.82) is 0 Å². The lowest BCUT2D eigenvalue weighted by atomic mass is 10.0. The lowest BCUT2D eigenvalue weighted by Crippen LogP contribution is -2.45. The number of nitrogens with one attached hydrogen (secondary N) is 1. The molecule has 3 aliphatic rings. The van der Waals surface area contributed by atoms with Crippen LogP contribution in [0.4, 0.5) is 0 Å². The molecule has 1 heterocycles. The fourth-order valence-electron chi connectivity index (χ4n) is 2.90. The molecular weight excluding hydrogens is 222 g/mol. The lowest BCUT2D eigenvalue weighted by Gasteiger charge is -2.28. The molecule has 16 heavy (non-hydrogen) atoms. The van der Waals surface area contributed by atoms with Crippen LogP contribution in [0.5, 0.6) is 0 Å². The molecule has 92 valence electrons. The molecule has 0 radical (unpaired) electrons. The van der Waals surface area contributed by atoms with Crippen LogP contribution in [-0.2, 0) is 9.84 Å². The van der Waals surface area contributed by atoms with Crippen LogP contribution in [0.3, 0.4) is 0 Å². The molecule has 0 spiro atoms. The summed E-state index contributed by atoms with van der Waals surface area (Å²) in [6, 6.07) is 1.18. The zero-order chi connectivity index (χ0) is 11.2. The summed E-state index contributed by atoms with van der Waals surface area (Å²) >= 11 is 0. The number of hydrogen-bond donors (Lipinski definition) is 1. The molecule has 3 nitrogen and oxygen atoms in total. The Labute approximate surface area is 97.9 Å². The predicted octanol–water partition coefficient (Wildman–Crippen LogP) is 1.34. The van der Waals surface area contributed by atoms with E-state index < -0.39 is 9.84 Å². The Bertz CT molecular complexity index is 331. The van der Waals surface area contributed by atoms with Gasteiger partial charge in [-0.3, -0.25) is 0 Å². The van der Waals surface area contributed by atoms with E-state index in [2.05, 4.69) is 5.32 Å². The Hall–Kier alpha value is -0.0900. The second kappa shape index (κ2) is 3.98. The third-order valence-corrected chi connectivity index (χ3v) is 5.96. The summed E-state index contributed by atoms with van der Waals surface area (Å²) in [5.74, 6) is 2.61. The van der Waals surface area contributed by atoms with Gasteiger partial charge in [0.2, 0.25) is 0 Å². The smallest absolute Gasteiger partial charge is 0.150 e. The first kappa shape index (κ1) is 11.0. The van der Waals surface area contributed by atoms with E-state index in [4.69, 9.17) is 0 Å². The van der Waals surface area contributed by atoms with Gasteiger partial charge in [0.15, 0.2) is 0 Å². The van der Waals surface area contributed by atoms with Crippen LogP contribution in [0.2, 0.25) is 0 Å². The molecule has 2 saturated carbocycles. The van der Waals surface area contributed by atoms with Gasteiger partial charge in [-0.05, 0) is 50.4 Å². The summed E-state index contributed by atoms with van der Waals surface area (Å²) in [6.45, 7) is 0. The molecular formula is C12H21NO2S. The van der Waals surface area contributed by atoms with Crippen LogP contribution in [0.1, 0.15) is 38.5 Å². The van der Waals surface area contributed by atoms with E-state index in [1.165, 1.54) is 25.7 Å².